The fourth-order valence-electron chi connectivity index (χ4n) is 0.620. The molecule has 1 aliphatic rings. The third kappa shape index (κ3) is 1.17. The minimum atomic E-state index is -2.45. The number of rotatable bonds is 0. The first kappa shape index (κ1) is 5.99. The van der Waals surface area contributed by atoms with Crippen LogP contribution in [0.4, 0.5) is 0 Å². The summed E-state index contributed by atoms with van der Waals surface area (Å²) in [6, 6.07) is 0. The van der Waals surface area contributed by atoms with Gasteiger partial charge in [-0.1, -0.05) is 0 Å². The predicted molar refractivity (Wildman–Crippen MR) is 29.4 cm³/mol. The Labute approximate surface area is 47.5 Å². The zero-order chi connectivity index (χ0) is 6.20. The van der Waals surface area contributed by atoms with E-state index < -0.39 is 7.37 Å². The Bertz CT molecular complexity index is 163. The van der Waals surface area contributed by atoms with Gasteiger partial charge in [-0.25, -0.2) is 0 Å². The molecule has 1 unspecified atom stereocenters. The average Bonchev–Trinajstić information content (AvgIpc) is 1.82. The van der Waals surface area contributed by atoms with E-state index >= 15 is 0 Å². The Morgan fingerprint density at radius 2 is 2.38 bits per heavy atom. The van der Waals surface area contributed by atoms with Crippen molar-refractivity contribution < 1.29 is 13.9 Å². The average molecular weight is 134 g/mol. The van der Waals surface area contributed by atoms with Crippen molar-refractivity contribution in [3.63, 3.8) is 0 Å². The van der Waals surface area contributed by atoms with Crippen LogP contribution >= 0.6 is 7.37 Å². The molecule has 0 saturated carbocycles. The minimum absolute atomic E-state index is 0.0455. The highest BCUT2D eigenvalue weighted by molar-refractivity contribution is 7.59. The summed E-state index contributed by atoms with van der Waals surface area (Å²) in [6.07, 6.45) is 0.132. The molecule has 0 aromatic heterocycles. The van der Waals surface area contributed by atoms with Crippen molar-refractivity contribution in [3.05, 3.63) is 0 Å². The molecule has 0 aliphatic carbocycles. The van der Waals surface area contributed by atoms with Crippen LogP contribution in [0.3, 0.4) is 0 Å². The maximum absolute atomic E-state index is 10.8. The second kappa shape index (κ2) is 1.67. The smallest absolute Gasteiger partial charge is 0.207 e. The largest absolute Gasteiger partial charge is 0.320 e. The summed E-state index contributed by atoms with van der Waals surface area (Å²) in [6.45, 7) is 1.53. The fourth-order valence-corrected chi connectivity index (χ4v) is 1.86. The first-order valence-corrected chi connectivity index (χ1v) is 4.59. The molecule has 1 saturated heterocycles. The van der Waals surface area contributed by atoms with Crippen molar-refractivity contribution in [2.75, 3.05) is 19.4 Å². The number of carbonyl (C=O) groups excluding carboxylic acids is 1. The van der Waals surface area contributed by atoms with Gasteiger partial charge in [0.1, 0.15) is 6.61 Å². The monoisotopic (exact) mass is 134 g/mol. The van der Waals surface area contributed by atoms with E-state index in [1.54, 1.807) is 0 Å². The quantitative estimate of drug-likeness (QED) is 0.453. The van der Waals surface area contributed by atoms with Crippen LogP contribution in [0.1, 0.15) is 0 Å². The maximum Gasteiger partial charge on any atom is 0.207 e. The highest BCUT2D eigenvalue weighted by Crippen LogP contribution is 2.46. The van der Waals surface area contributed by atoms with Crippen LogP contribution in [0.25, 0.3) is 0 Å². The van der Waals surface area contributed by atoms with Crippen LogP contribution in [0.2, 0.25) is 0 Å². The highest BCUT2D eigenvalue weighted by atomic mass is 31.2. The molecule has 46 valence electrons. The first-order chi connectivity index (χ1) is 3.60. The van der Waals surface area contributed by atoms with Gasteiger partial charge in [-0.2, -0.15) is 0 Å². The summed E-state index contributed by atoms with van der Waals surface area (Å²) in [5.74, 6) is -0.0455. The second-order valence-electron chi connectivity index (χ2n) is 1.98. The molecule has 0 spiro atoms. The van der Waals surface area contributed by atoms with E-state index in [4.69, 9.17) is 0 Å². The molecule has 0 aromatic rings. The zero-order valence-electron chi connectivity index (χ0n) is 4.59. The summed E-state index contributed by atoms with van der Waals surface area (Å²) >= 11 is 0. The molecular formula is C4H7O3P. The minimum Gasteiger partial charge on any atom is -0.320 e. The van der Waals surface area contributed by atoms with Crippen molar-refractivity contribution in [2.45, 2.75) is 0 Å². The number of hydrogen-bond acceptors (Lipinski definition) is 3. The topological polar surface area (TPSA) is 43.4 Å². The molecule has 1 heterocycles. The Kier molecular flexibility index (Phi) is 1.25. The summed E-state index contributed by atoms with van der Waals surface area (Å²) in [5.41, 5.74) is 0. The van der Waals surface area contributed by atoms with Gasteiger partial charge in [0.2, 0.25) is 7.37 Å². The Hall–Kier alpha value is -0.140. The molecule has 1 fully saturated rings. The molecule has 0 aromatic carbocycles. The third-order valence-corrected chi connectivity index (χ3v) is 2.56. The van der Waals surface area contributed by atoms with Gasteiger partial charge in [-0.05, 0) is 0 Å². The standard InChI is InChI=1S/C4H7O3P/c1-8(6)3-4(5)2-7-8/h2-3H2,1H3. The van der Waals surface area contributed by atoms with Crippen molar-refractivity contribution in [2.24, 2.45) is 0 Å². The van der Waals surface area contributed by atoms with Crippen molar-refractivity contribution in [3.8, 4) is 0 Å². The number of ketones is 1. The lowest BCUT2D eigenvalue weighted by molar-refractivity contribution is -0.117. The van der Waals surface area contributed by atoms with E-state index in [1.807, 2.05) is 0 Å². The molecule has 3 nitrogen and oxygen atoms in total. The number of Topliss-reactive ketones (excluding diaryl/α,β-unsaturated/α-hetero) is 1. The summed E-state index contributed by atoms with van der Waals surface area (Å²) in [4.78, 5) is 10.4. The molecule has 0 bridgehead atoms. The fraction of sp³-hybridized carbons (Fsp3) is 0.750. The van der Waals surface area contributed by atoms with Crippen LogP contribution < -0.4 is 0 Å². The molecule has 8 heavy (non-hydrogen) atoms. The van der Waals surface area contributed by atoms with Gasteiger partial charge in [0.25, 0.3) is 0 Å². The van der Waals surface area contributed by atoms with E-state index in [1.165, 1.54) is 6.66 Å². The van der Waals surface area contributed by atoms with Crippen LogP contribution in [0.15, 0.2) is 0 Å². The number of hydrogen-bond donors (Lipinski definition) is 0. The van der Waals surface area contributed by atoms with Gasteiger partial charge in [0.05, 0.1) is 6.16 Å². The first-order valence-electron chi connectivity index (χ1n) is 2.33. The zero-order valence-corrected chi connectivity index (χ0v) is 5.48. The van der Waals surface area contributed by atoms with Crippen molar-refractivity contribution >= 4 is 13.2 Å². The third-order valence-electron chi connectivity index (χ3n) is 0.962. The van der Waals surface area contributed by atoms with Crippen LogP contribution in [0, 0.1) is 0 Å². The van der Waals surface area contributed by atoms with Gasteiger partial charge in [-0.15, -0.1) is 0 Å². The van der Waals surface area contributed by atoms with Crippen molar-refractivity contribution in [1.82, 2.24) is 0 Å². The van der Waals surface area contributed by atoms with Gasteiger partial charge < -0.3 is 4.52 Å². The lowest BCUT2D eigenvalue weighted by Gasteiger charge is -1.96. The lowest BCUT2D eigenvalue weighted by Crippen LogP contribution is -1.96. The molecule has 0 N–H and O–H groups in total. The van der Waals surface area contributed by atoms with E-state index in [9.17, 15) is 9.36 Å². The van der Waals surface area contributed by atoms with Crippen molar-refractivity contribution in [1.29, 1.82) is 0 Å². The van der Waals surface area contributed by atoms with E-state index in [-0.39, 0.29) is 18.6 Å². The summed E-state index contributed by atoms with van der Waals surface area (Å²) in [7, 11) is -2.45. The second-order valence-corrected chi connectivity index (χ2v) is 4.59. The summed E-state index contributed by atoms with van der Waals surface area (Å²) < 4.78 is 15.4. The lowest BCUT2D eigenvalue weighted by atomic mass is 10.5. The van der Waals surface area contributed by atoms with E-state index in [0.717, 1.165) is 0 Å². The van der Waals surface area contributed by atoms with Crippen LogP contribution in [-0.2, 0) is 13.9 Å². The van der Waals surface area contributed by atoms with Gasteiger partial charge in [0.15, 0.2) is 5.78 Å². The molecule has 0 radical (unpaired) electrons. The SMILES string of the molecule is CP1(=O)CC(=O)CO1. The van der Waals surface area contributed by atoms with Gasteiger partial charge in [0, 0.05) is 6.66 Å². The predicted octanol–water partition coefficient (Wildman–Crippen LogP) is 0.494. The van der Waals surface area contributed by atoms with Crippen LogP contribution in [-0.4, -0.2) is 25.2 Å². The molecule has 1 rings (SSSR count). The molecule has 0 amide bonds. The number of carbonyl (C=O) groups is 1. The Morgan fingerprint density at radius 1 is 1.75 bits per heavy atom. The molecular weight excluding hydrogens is 127 g/mol. The normalized spacial score (nSPS) is 38.4. The van der Waals surface area contributed by atoms with Crippen LogP contribution in [0.5, 0.6) is 0 Å². The molecule has 4 heteroatoms. The van der Waals surface area contributed by atoms with Gasteiger partial charge in [-0.3, -0.25) is 9.36 Å². The van der Waals surface area contributed by atoms with E-state index in [2.05, 4.69) is 4.52 Å². The highest BCUT2D eigenvalue weighted by Gasteiger charge is 2.28. The van der Waals surface area contributed by atoms with Gasteiger partial charge >= 0.3 is 0 Å². The maximum atomic E-state index is 10.8. The Balaban J connectivity index is 2.70. The molecule has 1 aliphatic heterocycles. The molecule has 1 atom stereocenters. The van der Waals surface area contributed by atoms with E-state index in [0.29, 0.717) is 0 Å². The Morgan fingerprint density at radius 3 is 2.50 bits per heavy atom. The summed E-state index contributed by atoms with van der Waals surface area (Å²) in [5, 5.41) is 0.